The van der Waals surface area contributed by atoms with Gasteiger partial charge in [0.1, 0.15) is 0 Å². The molecule has 14 heavy (non-hydrogen) atoms. The third-order valence-electron chi connectivity index (χ3n) is 2.65. The Kier molecular flexibility index (Phi) is 3.61. The first-order valence-corrected chi connectivity index (χ1v) is 7.06. The number of alkyl halides is 1. The molecule has 1 aliphatic rings. The van der Waals surface area contributed by atoms with Gasteiger partial charge in [-0.05, 0) is 0 Å². The van der Waals surface area contributed by atoms with E-state index in [9.17, 15) is 4.39 Å². The molecule has 0 nitrogen and oxygen atoms in total. The van der Waals surface area contributed by atoms with E-state index < -0.39 is 6.17 Å². The normalized spacial score (nSPS) is 27.5. The van der Waals surface area contributed by atoms with Crippen LogP contribution in [0.15, 0.2) is 30.3 Å². The fraction of sp³-hybridized carbons (Fsp3) is 0.500. The molecular weight excluding hydrogens is 242 g/mol. The van der Waals surface area contributed by atoms with Gasteiger partial charge in [-0.25, -0.2) is 0 Å². The van der Waals surface area contributed by atoms with Crippen LogP contribution in [0.2, 0.25) is 4.82 Å². The molecule has 2 atom stereocenters. The van der Waals surface area contributed by atoms with Gasteiger partial charge in [0, 0.05) is 0 Å². The van der Waals surface area contributed by atoms with E-state index in [2.05, 4.69) is 12.1 Å². The average Bonchev–Trinajstić information content (AvgIpc) is 2.23. The molecule has 0 spiro atoms. The summed E-state index contributed by atoms with van der Waals surface area (Å²) in [6.45, 7) is 0. The van der Waals surface area contributed by atoms with Crippen molar-refractivity contribution in [1.82, 2.24) is 0 Å². The summed E-state index contributed by atoms with van der Waals surface area (Å²) in [7, 11) is 0. The van der Waals surface area contributed by atoms with E-state index in [1.807, 2.05) is 18.2 Å². The molecule has 1 aliphatic carbocycles. The summed E-state index contributed by atoms with van der Waals surface area (Å²) in [5, 5.41) is 0. The SMILES string of the molecule is F[C@H]1CCCC[C@@H]1[Se]c1ccccc1. The number of benzene rings is 1. The zero-order valence-electron chi connectivity index (χ0n) is 8.16. The summed E-state index contributed by atoms with van der Waals surface area (Å²) in [6, 6.07) is 10.4. The van der Waals surface area contributed by atoms with Crippen molar-refractivity contribution >= 4 is 19.4 Å². The molecule has 2 rings (SSSR count). The second-order valence-electron chi connectivity index (χ2n) is 3.77. The minimum absolute atomic E-state index is 0.332. The van der Waals surface area contributed by atoms with Crippen molar-refractivity contribution in [3.63, 3.8) is 0 Å². The Labute approximate surface area is 91.1 Å². The van der Waals surface area contributed by atoms with Gasteiger partial charge in [0.25, 0.3) is 0 Å². The van der Waals surface area contributed by atoms with E-state index >= 15 is 0 Å². The minimum atomic E-state index is -0.538. The topological polar surface area (TPSA) is 0 Å². The molecule has 1 fully saturated rings. The van der Waals surface area contributed by atoms with Crippen molar-refractivity contribution in [3.8, 4) is 0 Å². The van der Waals surface area contributed by atoms with Crippen LogP contribution in [0, 0.1) is 0 Å². The first-order valence-electron chi connectivity index (χ1n) is 5.22. The monoisotopic (exact) mass is 258 g/mol. The van der Waals surface area contributed by atoms with Crippen molar-refractivity contribution in [3.05, 3.63) is 30.3 Å². The van der Waals surface area contributed by atoms with Crippen molar-refractivity contribution < 1.29 is 4.39 Å². The zero-order chi connectivity index (χ0) is 9.80. The van der Waals surface area contributed by atoms with Crippen molar-refractivity contribution in [2.75, 3.05) is 0 Å². The van der Waals surface area contributed by atoms with Gasteiger partial charge in [-0.2, -0.15) is 0 Å². The third kappa shape index (κ3) is 2.58. The summed E-state index contributed by atoms with van der Waals surface area (Å²) in [6.07, 6.45) is 3.65. The number of hydrogen-bond donors (Lipinski definition) is 0. The number of rotatable bonds is 2. The predicted octanol–water partition coefficient (Wildman–Crippen LogP) is 2.72. The van der Waals surface area contributed by atoms with Crippen LogP contribution in [0.3, 0.4) is 0 Å². The molecule has 1 saturated carbocycles. The Balaban J connectivity index is 1.96. The van der Waals surface area contributed by atoms with Crippen molar-refractivity contribution in [2.45, 2.75) is 36.7 Å². The first-order chi connectivity index (χ1) is 6.86. The summed E-state index contributed by atoms with van der Waals surface area (Å²) in [4.78, 5) is 0.332. The zero-order valence-corrected chi connectivity index (χ0v) is 9.87. The van der Waals surface area contributed by atoms with Gasteiger partial charge in [0.15, 0.2) is 0 Å². The van der Waals surface area contributed by atoms with Gasteiger partial charge in [-0.3, -0.25) is 0 Å². The van der Waals surface area contributed by atoms with E-state index in [0.29, 0.717) is 19.8 Å². The molecule has 0 N–H and O–H groups in total. The van der Waals surface area contributed by atoms with Crippen LogP contribution in [0.4, 0.5) is 4.39 Å². The fourth-order valence-corrected chi connectivity index (χ4v) is 4.44. The third-order valence-corrected chi connectivity index (χ3v) is 5.54. The summed E-state index contributed by atoms with van der Waals surface area (Å²) in [5.41, 5.74) is 0. The number of halogens is 1. The van der Waals surface area contributed by atoms with Crippen molar-refractivity contribution in [1.29, 1.82) is 0 Å². The average molecular weight is 257 g/mol. The van der Waals surface area contributed by atoms with Gasteiger partial charge in [-0.15, -0.1) is 0 Å². The molecule has 2 heteroatoms. The summed E-state index contributed by atoms with van der Waals surface area (Å²) < 4.78 is 14.9. The molecule has 0 aliphatic heterocycles. The van der Waals surface area contributed by atoms with E-state index in [4.69, 9.17) is 0 Å². The first kappa shape index (κ1) is 10.2. The molecule has 0 radical (unpaired) electrons. The van der Waals surface area contributed by atoms with Crippen molar-refractivity contribution in [2.24, 2.45) is 0 Å². The van der Waals surface area contributed by atoms with Crippen LogP contribution in [0.5, 0.6) is 0 Å². The van der Waals surface area contributed by atoms with Crippen LogP contribution in [0.1, 0.15) is 25.7 Å². The Morgan fingerprint density at radius 3 is 2.50 bits per heavy atom. The van der Waals surface area contributed by atoms with Crippen LogP contribution in [-0.2, 0) is 0 Å². The maximum absolute atomic E-state index is 13.5. The Morgan fingerprint density at radius 1 is 1.07 bits per heavy atom. The van der Waals surface area contributed by atoms with Gasteiger partial charge < -0.3 is 0 Å². The van der Waals surface area contributed by atoms with Gasteiger partial charge >= 0.3 is 90.8 Å². The van der Waals surface area contributed by atoms with Crippen LogP contribution in [-0.4, -0.2) is 21.1 Å². The Hall–Kier alpha value is -0.331. The fourth-order valence-electron chi connectivity index (χ4n) is 1.86. The van der Waals surface area contributed by atoms with Gasteiger partial charge in [0.2, 0.25) is 0 Å². The molecule has 0 heterocycles. The van der Waals surface area contributed by atoms with E-state index in [0.717, 1.165) is 19.3 Å². The van der Waals surface area contributed by atoms with Crippen LogP contribution >= 0.6 is 0 Å². The molecule has 0 saturated heterocycles. The van der Waals surface area contributed by atoms with E-state index in [1.165, 1.54) is 10.9 Å². The predicted molar refractivity (Wildman–Crippen MR) is 58.9 cm³/mol. The second kappa shape index (κ2) is 4.95. The summed E-state index contributed by atoms with van der Waals surface area (Å²) in [5.74, 6) is 0. The van der Waals surface area contributed by atoms with E-state index in [-0.39, 0.29) is 0 Å². The molecule has 1 aromatic rings. The van der Waals surface area contributed by atoms with Gasteiger partial charge in [-0.1, -0.05) is 0 Å². The van der Waals surface area contributed by atoms with E-state index in [1.54, 1.807) is 0 Å². The molecule has 76 valence electrons. The maximum atomic E-state index is 13.5. The number of hydrogen-bond acceptors (Lipinski definition) is 0. The van der Waals surface area contributed by atoms with Crippen LogP contribution in [0.25, 0.3) is 0 Å². The quantitative estimate of drug-likeness (QED) is 0.715. The van der Waals surface area contributed by atoms with Crippen LogP contribution < -0.4 is 4.46 Å². The molecular formula is C12H15FSe. The van der Waals surface area contributed by atoms with Gasteiger partial charge in [0.05, 0.1) is 0 Å². The molecule has 0 unspecified atom stereocenters. The summed E-state index contributed by atoms with van der Waals surface area (Å²) >= 11 is 0.334. The Morgan fingerprint density at radius 2 is 1.79 bits per heavy atom. The Bertz CT molecular complexity index is 273. The molecule has 0 aromatic heterocycles. The molecule has 1 aromatic carbocycles. The molecule has 0 bridgehead atoms. The standard InChI is InChI=1S/C12H15FSe/c13-11-8-4-5-9-12(11)14-10-6-2-1-3-7-10/h1-3,6-7,11-12H,4-5,8-9H2/t11-,12-/m0/s1. The second-order valence-corrected chi connectivity index (χ2v) is 6.52. The molecule has 0 amide bonds.